The first kappa shape index (κ1) is 10.1. The molecule has 1 radical (unpaired) electrons. The third-order valence-electron chi connectivity index (χ3n) is 1.92. The van der Waals surface area contributed by atoms with E-state index >= 15 is 0 Å². The summed E-state index contributed by atoms with van der Waals surface area (Å²) in [5, 5.41) is 3.71. The van der Waals surface area contributed by atoms with Crippen LogP contribution in [0.1, 0.15) is 13.3 Å². The molecule has 0 saturated heterocycles. The molecule has 0 spiro atoms. The van der Waals surface area contributed by atoms with E-state index in [4.69, 9.17) is 4.74 Å². The third kappa shape index (κ3) is 2.33. The first-order valence-electron chi connectivity index (χ1n) is 4.84. The van der Waals surface area contributed by atoms with Gasteiger partial charge in [-0.25, -0.2) is 0 Å². The quantitative estimate of drug-likeness (QED) is 0.793. The van der Waals surface area contributed by atoms with Gasteiger partial charge in [0.2, 0.25) is 0 Å². The maximum Gasteiger partial charge on any atom is 0.135 e. The van der Waals surface area contributed by atoms with Gasteiger partial charge in [0.1, 0.15) is 11.9 Å². The van der Waals surface area contributed by atoms with Crippen molar-refractivity contribution in [3.05, 3.63) is 30.5 Å². The van der Waals surface area contributed by atoms with Crippen LogP contribution in [0, 0.1) is 6.20 Å². The maximum atomic E-state index is 5.64. The summed E-state index contributed by atoms with van der Waals surface area (Å²) < 4.78 is 9.44. The number of hydrogen-bond donors (Lipinski definition) is 0. The van der Waals surface area contributed by atoms with E-state index < -0.39 is 0 Å². The Bertz CT molecular complexity index is 414. The van der Waals surface area contributed by atoms with E-state index in [1.807, 2.05) is 24.3 Å². The Balaban J connectivity index is 2.30. The fraction of sp³-hybridized carbons (Fsp3) is 0.273. The number of nitrogens with zero attached hydrogens (tertiary/aromatic N) is 2. The molecule has 1 heterocycles. The molecule has 0 N–H and O–H groups in total. The van der Waals surface area contributed by atoms with Gasteiger partial charge < -0.3 is 4.74 Å². The minimum Gasteiger partial charge on any atom is -0.493 e. The second kappa shape index (κ2) is 4.89. The highest BCUT2D eigenvalue weighted by Gasteiger charge is 2.07. The van der Waals surface area contributed by atoms with Gasteiger partial charge in [-0.3, -0.25) is 0 Å². The molecular weight excluding hydrogens is 208 g/mol. The van der Waals surface area contributed by atoms with Crippen molar-refractivity contribution in [2.24, 2.45) is 0 Å². The van der Waals surface area contributed by atoms with E-state index in [2.05, 4.69) is 22.7 Å². The average Bonchev–Trinajstić information content (AvgIpc) is 2.80. The predicted molar refractivity (Wildman–Crippen MR) is 60.0 cm³/mol. The van der Waals surface area contributed by atoms with E-state index in [0.717, 1.165) is 29.2 Å². The zero-order valence-electron chi connectivity index (χ0n) is 8.43. The topological polar surface area (TPSA) is 35.0 Å². The number of hydrogen-bond acceptors (Lipinski definition) is 4. The highest BCUT2D eigenvalue weighted by atomic mass is 32.1. The van der Waals surface area contributed by atoms with Crippen molar-refractivity contribution >= 4 is 11.5 Å². The molecular formula is C11H11N2OS. The lowest BCUT2D eigenvalue weighted by Gasteiger charge is -2.08. The molecule has 3 nitrogen and oxygen atoms in total. The lowest BCUT2D eigenvalue weighted by atomic mass is 10.2. The number of ether oxygens (including phenoxy) is 1. The average molecular weight is 219 g/mol. The first-order valence-corrected chi connectivity index (χ1v) is 5.61. The molecule has 0 atom stereocenters. The molecule has 0 fully saturated rings. The number of rotatable bonds is 4. The lowest BCUT2D eigenvalue weighted by molar-refractivity contribution is 0.319. The largest absolute Gasteiger partial charge is 0.493 e. The monoisotopic (exact) mass is 219 g/mol. The molecule has 0 bridgehead atoms. The molecule has 0 aliphatic rings. The van der Waals surface area contributed by atoms with Crippen molar-refractivity contribution in [3.63, 3.8) is 0 Å². The lowest BCUT2D eigenvalue weighted by Crippen LogP contribution is -1.96. The van der Waals surface area contributed by atoms with E-state index in [9.17, 15) is 0 Å². The molecule has 0 amide bonds. The predicted octanol–water partition coefficient (Wildman–Crippen LogP) is 2.79. The van der Waals surface area contributed by atoms with Crippen molar-refractivity contribution in [3.8, 4) is 16.2 Å². The normalized spacial score (nSPS) is 10.2. The van der Waals surface area contributed by atoms with Crippen LogP contribution >= 0.6 is 11.5 Å². The van der Waals surface area contributed by atoms with Gasteiger partial charge in [-0.2, -0.15) is 0 Å². The fourth-order valence-corrected chi connectivity index (χ4v) is 1.76. The first-order chi connectivity index (χ1) is 7.42. The highest BCUT2D eigenvalue weighted by Crippen LogP contribution is 2.30. The van der Waals surface area contributed by atoms with Gasteiger partial charge in [-0.05, 0) is 30.1 Å². The molecule has 0 saturated carbocycles. The number of aromatic nitrogens is 2. The van der Waals surface area contributed by atoms with Crippen molar-refractivity contribution in [2.75, 3.05) is 6.61 Å². The summed E-state index contributed by atoms with van der Waals surface area (Å²) in [6, 6.07) is 7.89. The van der Waals surface area contributed by atoms with Crippen molar-refractivity contribution in [2.45, 2.75) is 13.3 Å². The summed E-state index contributed by atoms with van der Waals surface area (Å²) in [4.78, 5) is 0.918. The van der Waals surface area contributed by atoms with Gasteiger partial charge in [-0.15, -0.1) is 5.10 Å². The Kier molecular flexibility index (Phi) is 3.29. The number of para-hydroxylation sites is 1. The SMILES string of the molecule is CCCOc1ccccc1-c1[c]nns1. The maximum absolute atomic E-state index is 5.64. The Morgan fingerprint density at radius 1 is 1.40 bits per heavy atom. The summed E-state index contributed by atoms with van der Waals surface area (Å²) in [7, 11) is 0. The molecule has 0 aliphatic carbocycles. The van der Waals surface area contributed by atoms with Gasteiger partial charge in [0.05, 0.1) is 11.5 Å². The minimum absolute atomic E-state index is 0.725. The second-order valence-electron chi connectivity index (χ2n) is 3.06. The fourth-order valence-electron chi connectivity index (χ4n) is 1.25. The highest BCUT2D eigenvalue weighted by molar-refractivity contribution is 7.09. The van der Waals surface area contributed by atoms with E-state index in [1.165, 1.54) is 11.5 Å². The molecule has 1 aromatic heterocycles. The minimum atomic E-state index is 0.725. The van der Waals surface area contributed by atoms with Gasteiger partial charge in [-0.1, -0.05) is 23.5 Å². The Morgan fingerprint density at radius 2 is 2.27 bits per heavy atom. The standard InChI is InChI=1S/C11H11N2OS/c1-2-7-14-10-6-4-3-5-9(10)11-8-12-13-15-11/h3-6H,2,7H2,1H3. The molecule has 4 heteroatoms. The van der Waals surface area contributed by atoms with E-state index in [0.29, 0.717) is 0 Å². The summed E-state index contributed by atoms with van der Waals surface area (Å²) >= 11 is 1.33. The third-order valence-corrected chi connectivity index (χ3v) is 2.57. The summed E-state index contributed by atoms with van der Waals surface area (Å²) in [5.41, 5.74) is 1.01. The van der Waals surface area contributed by atoms with Crippen LogP contribution in [0.3, 0.4) is 0 Å². The molecule has 2 rings (SSSR count). The van der Waals surface area contributed by atoms with Gasteiger partial charge in [0, 0.05) is 5.56 Å². The van der Waals surface area contributed by atoms with Gasteiger partial charge in [0.15, 0.2) is 0 Å². The summed E-state index contributed by atoms with van der Waals surface area (Å²) in [5.74, 6) is 0.877. The molecule has 0 unspecified atom stereocenters. The molecule has 0 aliphatic heterocycles. The van der Waals surface area contributed by atoms with Crippen LogP contribution in [-0.4, -0.2) is 16.2 Å². The zero-order valence-corrected chi connectivity index (χ0v) is 9.25. The van der Waals surface area contributed by atoms with Crippen LogP contribution in [0.4, 0.5) is 0 Å². The van der Waals surface area contributed by atoms with E-state index in [-0.39, 0.29) is 0 Å². The van der Waals surface area contributed by atoms with Crippen LogP contribution < -0.4 is 4.74 Å². The van der Waals surface area contributed by atoms with Crippen molar-refractivity contribution in [1.29, 1.82) is 0 Å². The van der Waals surface area contributed by atoms with E-state index in [1.54, 1.807) is 0 Å². The molecule has 77 valence electrons. The van der Waals surface area contributed by atoms with Gasteiger partial charge >= 0.3 is 0 Å². The smallest absolute Gasteiger partial charge is 0.135 e. The summed E-state index contributed by atoms with van der Waals surface area (Å²) in [6.45, 7) is 2.81. The van der Waals surface area contributed by atoms with Crippen LogP contribution in [-0.2, 0) is 0 Å². The molecule has 1 aromatic carbocycles. The molecule has 15 heavy (non-hydrogen) atoms. The Labute approximate surface area is 92.9 Å². The van der Waals surface area contributed by atoms with Crippen LogP contribution in [0.2, 0.25) is 0 Å². The molecule has 2 aromatic rings. The Morgan fingerprint density at radius 3 is 3.00 bits per heavy atom. The second-order valence-corrected chi connectivity index (χ2v) is 3.81. The van der Waals surface area contributed by atoms with Crippen molar-refractivity contribution < 1.29 is 4.74 Å². The Hall–Kier alpha value is -1.42. The van der Waals surface area contributed by atoms with Crippen LogP contribution in [0.15, 0.2) is 24.3 Å². The zero-order chi connectivity index (χ0) is 10.5. The van der Waals surface area contributed by atoms with Crippen LogP contribution in [0.25, 0.3) is 10.4 Å². The van der Waals surface area contributed by atoms with Crippen LogP contribution in [0.5, 0.6) is 5.75 Å². The summed E-state index contributed by atoms with van der Waals surface area (Å²) in [6.07, 6.45) is 3.85. The van der Waals surface area contributed by atoms with Crippen molar-refractivity contribution in [1.82, 2.24) is 9.59 Å². The number of benzene rings is 1. The van der Waals surface area contributed by atoms with Gasteiger partial charge in [0.25, 0.3) is 0 Å².